The third-order valence-electron chi connectivity index (χ3n) is 3.84. The molecule has 3 N–H and O–H groups in total. The van der Waals surface area contributed by atoms with Crippen molar-refractivity contribution in [3.63, 3.8) is 0 Å². The first-order chi connectivity index (χ1) is 8.72. The van der Waals surface area contributed by atoms with Crippen LogP contribution in [0.2, 0.25) is 5.02 Å². The highest BCUT2D eigenvalue weighted by Gasteiger charge is 2.25. The van der Waals surface area contributed by atoms with Crippen LogP contribution in [-0.4, -0.2) is 0 Å². The monoisotopic (exact) mass is 270 g/mol. The molecule has 1 aliphatic rings. The number of hydrazine groups is 1. The van der Waals surface area contributed by atoms with Gasteiger partial charge in [-0.2, -0.15) is 0 Å². The van der Waals surface area contributed by atoms with Gasteiger partial charge in [0.1, 0.15) is 5.82 Å². The highest BCUT2D eigenvalue weighted by molar-refractivity contribution is 6.30. The van der Waals surface area contributed by atoms with Crippen molar-refractivity contribution in [2.24, 2.45) is 11.8 Å². The molecule has 4 heteroatoms. The highest BCUT2D eigenvalue weighted by atomic mass is 35.5. The largest absolute Gasteiger partial charge is 0.271 e. The van der Waals surface area contributed by atoms with Crippen LogP contribution >= 0.6 is 11.6 Å². The van der Waals surface area contributed by atoms with E-state index in [2.05, 4.69) is 5.43 Å². The van der Waals surface area contributed by atoms with E-state index in [0.717, 1.165) is 12.8 Å². The predicted molar refractivity (Wildman–Crippen MR) is 72.7 cm³/mol. The van der Waals surface area contributed by atoms with Crippen LogP contribution in [0.4, 0.5) is 4.39 Å². The van der Waals surface area contributed by atoms with Gasteiger partial charge in [0.2, 0.25) is 0 Å². The molecule has 1 aromatic rings. The summed E-state index contributed by atoms with van der Waals surface area (Å²) in [5, 5.41) is 0.556. The van der Waals surface area contributed by atoms with Crippen molar-refractivity contribution >= 4 is 11.6 Å². The van der Waals surface area contributed by atoms with Gasteiger partial charge in [0.25, 0.3) is 0 Å². The third kappa shape index (κ3) is 3.22. The van der Waals surface area contributed by atoms with Gasteiger partial charge in [-0.1, -0.05) is 37.3 Å². The first-order valence-electron chi connectivity index (χ1n) is 6.63. The van der Waals surface area contributed by atoms with E-state index in [1.807, 2.05) is 0 Å². The van der Waals surface area contributed by atoms with E-state index in [-0.39, 0.29) is 11.9 Å². The van der Waals surface area contributed by atoms with Crippen LogP contribution in [0, 0.1) is 11.7 Å². The fraction of sp³-hybridized carbons (Fsp3) is 0.571. The normalized spacial score (nSPS) is 19.5. The van der Waals surface area contributed by atoms with Crippen LogP contribution < -0.4 is 11.3 Å². The van der Waals surface area contributed by atoms with Crippen molar-refractivity contribution in [2.45, 2.75) is 44.6 Å². The Balaban J connectivity index is 2.23. The van der Waals surface area contributed by atoms with Crippen molar-refractivity contribution in [1.29, 1.82) is 0 Å². The molecule has 18 heavy (non-hydrogen) atoms. The van der Waals surface area contributed by atoms with Crippen molar-refractivity contribution < 1.29 is 4.39 Å². The number of rotatable bonds is 3. The number of halogens is 2. The van der Waals surface area contributed by atoms with Gasteiger partial charge in [-0.25, -0.2) is 4.39 Å². The van der Waals surface area contributed by atoms with Crippen LogP contribution in [0.15, 0.2) is 18.2 Å². The summed E-state index contributed by atoms with van der Waals surface area (Å²) in [7, 11) is 0. The van der Waals surface area contributed by atoms with Gasteiger partial charge < -0.3 is 0 Å². The summed E-state index contributed by atoms with van der Waals surface area (Å²) in [6, 6.07) is 4.54. The molecule has 2 nitrogen and oxygen atoms in total. The fourth-order valence-corrected chi connectivity index (χ4v) is 3.06. The number of hydrogen-bond donors (Lipinski definition) is 2. The van der Waals surface area contributed by atoms with Crippen LogP contribution in [0.1, 0.15) is 50.1 Å². The smallest absolute Gasteiger partial charge is 0.128 e. The van der Waals surface area contributed by atoms with Crippen LogP contribution in [-0.2, 0) is 0 Å². The Labute approximate surface area is 113 Å². The maximum atomic E-state index is 13.9. The van der Waals surface area contributed by atoms with Crippen LogP contribution in [0.25, 0.3) is 0 Å². The molecule has 1 unspecified atom stereocenters. The topological polar surface area (TPSA) is 38.0 Å². The number of nitrogens with two attached hydrogens (primary N) is 1. The van der Waals surface area contributed by atoms with E-state index in [9.17, 15) is 4.39 Å². The second kappa shape index (κ2) is 6.50. The zero-order valence-electron chi connectivity index (χ0n) is 10.5. The van der Waals surface area contributed by atoms with Crippen molar-refractivity contribution in [2.75, 3.05) is 0 Å². The molecule has 0 bridgehead atoms. The Morgan fingerprint density at radius 2 is 1.89 bits per heavy atom. The SMILES string of the molecule is NNC(c1cc(Cl)ccc1F)C1CCCCCC1. The summed E-state index contributed by atoms with van der Waals surface area (Å²) in [6.45, 7) is 0. The molecule has 1 aliphatic carbocycles. The second-order valence-corrected chi connectivity index (χ2v) is 5.50. The maximum absolute atomic E-state index is 13.9. The van der Waals surface area contributed by atoms with Crippen LogP contribution in [0.5, 0.6) is 0 Å². The molecular weight excluding hydrogens is 251 g/mol. The Morgan fingerprint density at radius 3 is 2.50 bits per heavy atom. The van der Waals surface area contributed by atoms with Gasteiger partial charge >= 0.3 is 0 Å². The minimum Gasteiger partial charge on any atom is -0.271 e. The predicted octanol–water partition coefficient (Wildman–Crippen LogP) is 3.95. The van der Waals surface area contributed by atoms with Gasteiger partial charge in [0, 0.05) is 10.6 Å². The number of nitrogens with one attached hydrogen (secondary N) is 1. The molecule has 100 valence electrons. The van der Waals surface area contributed by atoms with Crippen molar-refractivity contribution in [3.8, 4) is 0 Å². The van der Waals surface area contributed by atoms with E-state index in [1.165, 1.54) is 31.7 Å². The number of hydrogen-bond acceptors (Lipinski definition) is 2. The molecule has 0 aromatic heterocycles. The quantitative estimate of drug-likeness (QED) is 0.496. The van der Waals surface area contributed by atoms with E-state index >= 15 is 0 Å². The molecule has 1 aromatic carbocycles. The molecule has 0 saturated heterocycles. The molecule has 1 fully saturated rings. The average Bonchev–Trinajstić information content (AvgIpc) is 2.64. The first kappa shape index (κ1) is 13.8. The lowest BCUT2D eigenvalue weighted by molar-refractivity contribution is 0.321. The average molecular weight is 271 g/mol. The number of benzene rings is 1. The Bertz CT molecular complexity index is 389. The molecule has 0 spiro atoms. The van der Waals surface area contributed by atoms with Crippen molar-refractivity contribution in [1.82, 2.24) is 5.43 Å². The summed E-state index contributed by atoms with van der Waals surface area (Å²) in [4.78, 5) is 0. The third-order valence-corrected chi connectivity index (χ3v) is 4.08. The summed E-state index contributed by atoms with van der Waals surface area (Å²) in [5.41, 5.74) is 3.38. The molecule has 2 rings (SSSR count). The van der Waals surface area contributed by atoms with Gasteiger partial charge in [-0.05, 0) is 37.0 Å². The van der Waals surface area contributed by atoms with E-state index in [4.69, 9.17) is 17.4 Å². The zero-order valence-corrected chi connectivity index (χ0v) is 11.2. The zero-order chi connectivity index (χ0) is 13.0. The Kier molecular flexibility index (Phi) is 4.98. The summed E-state index contributed by atoms with van der Waals surface area (Å²) in [6.07, 6.45) is 7.13. The molecule has 1 atom stereocenters. The minimum absolute atomic E-state index is 0.137. The van der Waals surface area contributed by atoms with Gasteiger partial charge in [0.05, 0.1) is 6.04 Å². The fourth-order valence-electron chi connectivity index (χ4n) is 2.88. The Hall–Kier alpha value is -0.640. The second-order valence-electron chi connectivity index (χ2n) is 5.06. The molecular formula is C14H20ClFN2. The summed E-state index contributed by atoms with van der Waals surface area (Å²) in [5.74, 6) is 5.81. The molecule has 0 amide bonds. The van der Waals surface area contributed by atoms with Gasteiger partial charge in [-0.15, -0.1) is 0 Å². The lowest BCUT2D eigenvalue weighted by Crippen LogP contribution is -2.34. The molecule has 1 saturated carbocycles. The molecule has 0 aliphatic heterocycles. The maximum Gasteiger partial charge on any atom is 0.128 e. The molecule has 0 heterocycles. The molecule has 0 radical (unpaired) electrons. The van der Waals surface area contributed by atoms with Crippen LogP contribution in [0.3, 0.4) is 0 Å². The van der Waals surface area contributed by atoms with E-state index in [0.29, 0.717) is 16.5 Å². The lowest BCUT2D eigenvalue weighted by Gasteiger charge is -2.26. The summed E-state index contributed by atoms with van der Waals surface area (Å²) >= 11 is 5.95. The lowest BCUT2D eigenvalue weighted by atomic mass is 9.87. The van der Waals surface area contributed by atoms with Gasteiger partial charge in [-0.3, -0.25) is 11.3 Å². The highest BCUT2D eigenvalue weighted by Crippen LogP contribution is 2.34. The van der Waals surface area contributed by atoms with E-state index in [1.54, 1.807) is 12.1 Å². The van der Waals surface area contributed by atoms with Gasteiger partial charge in [0.15, 0.2) is 0 Å². The van der Waals surface area contributed by atoms with E-state index < -0.39 is 0 Å². The first-order valence-corrected chi connectivity index (χ1v) is 7.01. The minimum atomic E-state index is -0.230. The Morgan fingerprint density at radius 1 is 1.22 bits per heavy atom. The van der Waals surface area contributed by atoms with Crippen molar-refractivity contribution in [3.05, 3.63) is 34.6 Å². The standard InChI is InChI=1S/C14H20ClFN2/c15-11-7-8-13(16)12(9-11)14(18-17)10-5-3-1-2-4-6-10/h7-10,14,18H,1-6,17H2. The summed E-state index contributed by atoms with van der Waals surface area (Å²) < 4.78 is 13.9.